The van der Waals surface area contributed by atoms with Crippen LogP contribution in [0.4, 0.5) is 0 Å². The fraction of sp³-hybridized carbons (Fsp3) is 0.353. The lowest BCUT2D eigenvalue weighted by Crippen LogP contribution is -2.34. The summed E-state index contributed by atoms with van der Waals surface area (Å²) in [7, 11) is 0. The first-order valence-corrected chi connectivity index (χ1v) is 7.46. The predicted octanol–water partition coefficient (Wildman–Crippen LogP) is 2.01. The monoisotopic (exact) mass is 315 g/mol. The zero-order valence-electron chi connectivity index (χ0n) is 13.5. The molecule has 1 atom stereocenters. The Morgan fingerprint density at radius 2 is 1.87 bits per heavy atom. The average Bonchev–Trinajstić information content (AvgIpc) is 2.84. The number of hydrogen-bond donors (Lipinski definition) is 3. The summed E-state index contributed by atoms with van der Waals surface area (Å²) >= 11 is 0. The number of rotatable bonds is 6. The van der Waals surface area contributed by atoms with E-state index in [2.05, 4.69) is 15.5 Å². The van der Waals surface area contributed by atoms with Gasteiger partial charge in [0.1, 0.15) is 0 Å². The van der Waals surface area contributed by atoms with Crippen LogP contribution in [0.3, 0.4) is 0 Å². The number of amides is 1. The molecule has 2 rings (SSSR count). The second-order valence-corrected chi connectivity index (χ2v) is 5.74. The van der Waals surface area contributed by atoms with Crippen LogP contribution in [0.1, 0.15) is 32.9 Å². The fourth-order valence-electron chi connectivity index (χ4n) is 2.45. The van der Waals surface area contributed by atoms with Crippen molar-refractivity contribution in [2.45, 2.75) is 27.2 Å². The van der Waals surface area contributed by atoms with E-state index in [0.717, 1.165) is 11.1 Å². The standard InChI is InChI=1S/C17H21N3O3/c1-10-4-6-13(7-5-10)8-14(17(22)23)9-18-16(21)15-11(2)19-20-12(15)3/h4-7,14H,8-9H2,1-3H3,(H,18,21)(H,19,20)(H,22,23). The summed E-state index contributed by atoms with van der Waals surface area (Å²) in [6.07, 6.45) is 0.374. The SMILES string of the molecule is Cc1ccc(CC(CNC(=O)c2c(C)n[nH]c2C)C(=O)O)cc1. The van der Waals surface area contributed by atoms with Crippen LogP contribution in [0.2, 0.25) is 0 Å². The molecule has 122 valence electrons. The molecule has 0 saturated heterocycles. The number of H-pyrrole nitrogens is 1. The Hall–Kier alpha value is -2.63. The maximum atomic E-state index is 12.2. The fourth-order valence-corrected chi connectivity index (χ4v) is 2.45. The van der Waals surface area contributed by atoms with Gasteiger partial charge in [0.15, 0.2) is 0 Å². The van der Waals surface area contributed by atoms with Gasteiger partial charge in [-0.15, -0.1) is 0 Å². The van der Waals surface area contributed by atoms with Gasteiger partial charge in [-0.3, -0.25) is 14.7 Å². The summed E-state index contributed by atoms with van der Waals surface area (Å²) in [6.45, 7) is 5.55. The zero-order valence-corrected chi connectivity index (χ0v) is 13.5. The first-order valence-electron chi connectivity index (χ1n) is 7.46. The molecule has 1 aromatic carbocycles. The Labute approximate surface area is 134 Å². The maximum absolute atomic E-state index is 12.2. The van der Waals surface area contributed by atoms with E-state index in [-0.39, 0.29) is 12.5 Å². The number of carbonyl (C=O) groups is 2. The van der Waals surface area contributed by atoms with Crippen LogP contribution in [0, 0.1) is 26.7 Å². The molecule has 0 aliphatic rings. The number of carboxylic acid groups (broad SMARTS) is 1. The lowest BCUT2D eigenvalue weighted by Gasteiger charge is -2.14. The van der Waals surface area contributed by atoms with Crippen LogP contribution in [-0.2, 0) is 11.2 Å². The molecule has 1 amide bonds. The van der Waals surface area contributed by atoms with E-state index in [9.17, 15) is 14.7 Å². The Kier molecular flexibility index (Phi) is 5.16. The normalized spacial score (nSPS) is 12.0. The van der Waals surface area contributed by atoms with Crippen LogP contribution < -0.4 is 5.32 Å². The van der Waals surface area contributed by atoms with Gasteiger partial charge in [0, 0.05) is 12.2 Å². The van der Waals surface area contributed by atoms with E-state index in [1.54, 1.807) is 13.8 Å². The second kappa shape index (κ2) is 7.09. The van der Waals surface area contributed by atoms with Gasteiger partial charge < -0.3 is 10.4 Å². The summed E-state index contributed by atoms with van der Waals surface area (Å²) in [6, 6.07) is 7.73. The van der Waals surface area contributed by atoms with Gasteiger partial charge in [0.05, 0.1) is 17.2 Å². The Bertz CT molecular complexity index is 685. The average molecular weight is 315 g/mol. The minimum atomic E-state index is -0.925. The third-order valence-electron chi connectivity index (χ3n) is 3.82. The van der Waals surface area contributed by atoms with Crippen molar-refractivity contribution in [3.8, 4) is 0 Å². The molecule has 0 bridgehead atoms. The first-order chi connectivity index (χ1) is 10.9. The molecule has 23 heavy (non-hydrogen) atoms. The van der Waals surface area contributed by atoms with Crippen molar-refractivity contribution in [2.24, 2.45) is 5.92 Å². The lowest BCUT2D eigenvalue weighted by atomic mass is 9.98. The van der Waals surface area contributed by atoms with Crippen molar-refractivity contribution < 1.29 is 14.7 Å². The summed E-state index contributed by atoms with van der Waals surface area (Å²) in [5.41, 5.74) is 3.81. The molecule has 0 aliphatic carbocycles. The molecule has 1 heterocycles. The number of aliphatic carboxylic acids is 1. The number of carbonyl (C=O) groups excluding carboxylic acids is 1. The van der Waals surface area contributed by atoms with E-state index in [0.29, 0.717) is 23.4 Å². The first kappa shape index (κ1) is 16.7. The van der Waals surface area contributed by atoms with Crippen molar-refractivity contribution >= 4 is 11.9 Å². The minimum Gasteiger partial charge on any atom is -0.481 e. The number of carboxylic acids is 1. The number of aromatic amines is 1. The number of nitrogens with zero attached hydrogens (tertiary/aromatic N) is 1. The van der Waals surface area contributed by atoms with Crippen LogP contribution in [0.5, 0.6) is 0 Å². The minimum absolute atomic E-state index is 0.0755. The van der Waals surface area contributed by atoms with Gasteiger partial charge in [-0.25, -0.2) is 0 Å². The van der Waals surface area contributed by atoms with Crippen molar-refractivity contribution in [1.29, 1.82) is 0 Å². The summed E-state index contributed by atoms with van der Waals surface area (Å²) in [5.74, 6) is -1.90. The van der Waals surface area contributed by atoms with Gasteiger partial charge >= 0.3 is 5.97 Å². The van der Waals surface area contributed by atoms with Crippen molar-refractivity contribution in [3.63, 3.8) is 0 Å². The highest BCUT2D eigenvalue weighted by Crippen LogP contribution is 2.12. The molecular weight excluding hydrogens is 294 g/mol. The number of benzene rings is 1. The van der Waals surface area contributed by atoms with Gasteiger partial charge in [0.25, 0.3) is 5.91 Å². The lowest BCUT2D eigenvalue weighted by molar-refractivity contribution is -0.141. The van der Waals surface area contributed by atoms with E-state index in [4.69, 9.17) is 0 Å². The molecule has 0 radical (unpaired) electrons. The number of hydrogen-bond acceptors (Lipinski definition) is 3. The molecular formula is C17H21N3O3. The summed E-state index contributed by atoms with van der Waals surface area (Å²) < 4.78 is 0. The highest BCUT2D eigenvalue weighted by Gasteiger charge is 2.21. The third-order valence-corrected chi connectivity index (χ3v) is 3.82. The summed E-state index contributed by atoms with van der Waals surface area (Å²) in [5, 5.41) is 18.8. The quantitative estimate of drug-likeness (QED) is 0.760. The van der Waals surface area contributed by atoms with Gasteiger partial charge in [-0.1, -0.05) is 29.8 Å². The highest BCUT2D eigenvalue weighted by molar-refractivity contribution is 5.96. The molecule has 1 unspecified atom stereocenters. The molecule has 2 aromatic rings. The van der Waals surface area contributed by atoms with E-state index >= 15 is 0 Å². The van der Waals surface area contributed by atoms with Crippen LogP contribution >= 0.6 is 0 Å². The molecule has 0 spiro atoms. The van der Waals surface area contributed by atoms with Crippen LogP contribution in [-0.4, -0.2) is 33.7 Å². The third kappa shape index (κ3) is 4.18. The van der Waals surface area contributed by atoms with Crippen molar-refractivity contribution in [1.82, 2.24) is 15.5 Å². The second-order valence-electron chi connectivity index (χ2n) is 5.74. The Balaban J connectivity index is 2.01. The predicted molar refractivity (Wildman–Crippen MR) is 86.4 cm³/mol. The molecule has 6 heteroatoms. The highest BCUT2D eigenvalue weighted by atomic mass is 16.4. The molecule has 0 fully saturated rings. The largest absolute Gasteiger partial charge is 0.481 e. The molecule has 0 aliphatic heterocycles. The smallest absolute Gasteiger partial charge is 0.308 e. The van der Waals surface area contributed by atoms with E-state index < -0.39 is 11.9 Å². The Morgan fingerprint density at radius 1 is 1.22 bits per heavy atom. The molecule has 0 saturated carbocycles. The van der Waals surface area contributed by atoms with Gasteiger partial charge in [-0.2, -0.15) is 5.10 Å². The van der Waals surface area contributed by atoms with Gasteiger partial charge in [0.2, 0.25) is 0 Å². The van der Waals surface area contributed by atoms with Gasteiger partial charge in [-0.05, 0) is 32.8 Å². The van der Waals surface area contributed by atoms with Crippen molar-refractivity contribution in [3.05, 3.63) is 52.3 Å². The topological polar surface area (TPSA) is 95.1 Å². The van der Waals surface area contributed by atoms with Crippen molar-refractivity contribution in [2.75, 3.05) is 6.54 Å². The van der Waals surface area contributed by atoms with Crippen LogP contribution in [0.25, 0.3) is 0 Å². The Morgan fingerprint density at radius 3 is 2.39 bits per heavy atom. The number of aryl methyl sites for hydroxylation is 3. The number of nitrogens with one attached hydrogen (secondary N) is 2. The van der Waals surface area contributed by atoms with E-state index in [1.807, 2.05) is 31.2 Å². The van der Waals surface area contributed by atoms with Crippen LogP contribution in [0.15, 0.2) is 24.3 Å². The van der Waals surface area contributed by atoms with E-state index in [1.165, 1.54) is 0 Å². The molecule has 6 nitrogen and oxygen atoms in total. The summed E-state index contributed by atoms with van der Waals surface area (Å²) in [4.78, 5) is 23.6. The maximum Gasteiger partial charge on any atom is 0.308 e. The molecule has 3 N–H and O–H groups in total. The molecule has 1 aromatic heterocycles. The zero-order chi connectivity index (χ0) is 17.0. The number of aromatic nitrogens is 2.